The molecule has 0 aliphatic heterocycles. The van der Waals surface area contributed by atoms with Gasteiger partial charge in [0.15, 0.2) is 0 Å². The Bertz CT molecular complexity index is 236. The number of hydrogen-bond donors (Lipinski definition) is 0. The van der Waals surface area contributed by atoms with Gasteiger partial charge in [0.1, 0.15) is 5.60 Å². The first kappa shape index (κ1) is 17.2. The van der Waals surface area contributed by atoms with E-state index in [4.69, 9.17) is 4.74 Å². The van der Waals surface area contributed by atoms with E-state index in [0.717, 1.165) is 12.8 Å². The van der Waals surface area contributed by atoms with Crippen molar-refractivity contribution in [2.75, 3.05) is 19.8 Å². The molecule has 0 aliphatic carbocycles. The number of carbonyl (C=O) groups is 1. The van der Waals surface area contributed by atoms with Gasteiger partial charge in [-0.15, -0.1) is 0 Å². The van der Waals surface area contributed by atoms with Crippen molar-refractivity contribution in [3.8, 4) is 0 Å². The van der Waals surface area contributed by atoms with Crippen LogP contribution in [-0.2, 0) is 4.74 Å². The highest BCUT2D eigenvalue weighted by Crippen LogP contribution is 2.12. The molecule has 3 nitrogen and oxygen atoms in total. The summed E-state index contributed by atoms with van der Waals surface area (Å²) in [4.78, 5) is 13.5. The number of rotatable bonds is 7. The molecule has 0 fully saturated rings. The molecule has 0 aromatic heterocycles. The van der Waals surface area contributed by atoms with Gasteiger partial charge < -0.3 is 9.64 Å². The van der Waals surface area contributed by atoms with Gasteiger partial charge in [0.05, 0.1) is 6.67 Å². The molecule has 0 saturated carbocycles. The number of amides is 1. The lowest BCUT2D eigenvalue weighted by atomic mass is 10.1. The summed E-state index contributed by atoms with van der Waals surface area (Å²) in [6, 6.07) is 0. The van der Waals surface area contributed by atoms with Gasteiger partial charge in [-0.05, 0) is 46.0 Å². The quantitative estimate of drug-likeness (QED) is 0.692. The standard InChI is InChI=1S/C14H28FNO2/c1-12(2)8-6-10-16(11-7-9-15)13(17)18-14(3,4)5/h12H,6-11H2,1-5H3. The largest absolute Gasteiger partial charge is 0.444 e. The lowest BCUT2D eigenvalue weighted by Crippen LogP contribution is -2.38. The number of carbonyl (C=O) groups excluding carboxylic acids is 1. The minimum atomic E-state index is -0.497. The third-order valence-electron chi connectivity index (χ3n) is 2.42. The monoisotopic (exact) mass is 261 g/mol. The van der Waals surface area contributed by atoms with E-state index in [0.29, 0.717) is 25.4 Å². The van der Waals surface area contributed by atoms with Crippen LogP contribution in [0.25, 0.3) is 0 Å². The Balaban J connectivity index is 4.24. The number of alkyl halides is 1. The number of halogens is 1. The third kappa shape index (κ3) is 9.25. The highest BCUT2D eigenvalue weighted by molar-refractivity contribution is 5.68. The van der Waals surface area contributed by atoms with E-state index in [1.54, 1.807) is 4.90 Å². The first-order valence-electron chi connectivity index (χ1n) is 6.80. The maximum absolute atomic E-state index is 12.2. The summed E-state index contributed by atoms with van der Waals surface area (Å²) in [6.07, 6.45) is 2.04. The number of nitrogens with zero attached hydrogens (tertiary/aromatic N) is 1. The predicted molar refractivity (Wildman–Crippen MR) is 72.5 cm³/mol. The van der Waals surface area contributed by atoms with Crippen LogP contribution in [0.5, 0.6) is 0 Å². The van der Waals surface area contributed by atoms with E-state index in [1.165, 1.54) is 0 Å². The molecule has 0 rings (SSSR count). The molecule has 18 heavy (non-hydrogen) atoms. The summed E-state index contributed by atoms with van der Waals surface area (Å²) in [5, 5.41) is 0. The molecule has 0 aromatic rings. The second-order valence-electron chi connectivity index (χ2n) is 6.05. The maximum atomic E-state index is 12.2. The Kier molecular flexibility index (Phi) is 7.96. The SMILES string of the molecule is CC(C)CCCN(CCCF)C(=O)OC(C)(C)C. The van der Waals surface area contributed by atoms with E-state index in [9.17, 15) is 9.18 Å². The van der Waals surface area contributed by atoms with Crippen LogP contribution in [0.1, 0.15) is 53.9 Å². The molecular formula is C14H28FNO2. The molecule has 0 aromatic carbocycles. The van der Waals surface area contributed by atoms with Crippen LogP contribution in [0.4, 0.5) is 9.18 Å². The normalized spacial score (nSPS) is 11.7. The maximum Gasteiger partial charge on any atom is 0.410 e. The fraction of sp³-hybridized carbons (Fsp3) is 0.929. The fourth-order valence-electron chi connectivity index (χ4n) is 1.56. The highest BCUT2D eigenvalue weighted by atomic mass is 19.1. The van der Waals surface area contributed by atoms with E-state index in [-0.39, 0.29) is 6.09 Å². The van der Waals surface area contributed by atoms with Gasteiger partial charge in [0, 0.05) is 13.1 Å². The van der Waals surface area contributed by atoms with Crippen LogP contribution in [0.2, 0.25) is 0 Å². The van der Waals surface area contributed by atoms with Gasteiger partial charge in [-0.2, -0.15) is 0 Å². The highest BCUT2D eigenvalue weighted by Gasteiger charge is 2.21. The lowest BCUT2D eigenvalue weighted by Gasteiger charge is -2.27. The molecule has 0 spiro atoms. The minimum absolute atomic E-state index is 0.334. The average molecular weight is 261 g/mol. The molecule has 108 valence electrons. The molecular weight excluding hydrogens is 233 g/mol. The van der Waals surface area contributed by atoms with Crippen LogP contribution >= 0.6 is 0 Å². The molecule has 1 amide bonds. The van der Waals surface area contributed by atoms with Crippen molar-refractivity contribution in [1.29, 1.82) is 0 Å². The smallest absolute Gasteiger partial charge is 0.410 e. The molecule has 0 bridgehead atoms. The second kappa shape index (κ2) is 8.33. The zero-order chi connectivity index (χ0) is 14.2. The number of ether oxygens (including phenoxy) is 1. The van der Waals surface area contributed by atoms with E-state index >= 15 is 0 Å². The van der Waals surface area contributed by atoms with Gasteiger partial charge in [-0.1, -0.05) is 13.8 Å². The molecule has 0 unspecified atom stereocenters. The van der Waals surface area contributed by atoms with Crippen molar-refractivity contribution >= 4 is 6.09 Å². The second-order valence-corrected chi connectivity index (χ2v) is 6.05. The summed E-state index contributed by atoms with van der Waals surface area (Å²) >= 11 is 0. The summed E-state index contributed by atoms with van der Waals surface area (Å²) < 4.78 is 17.5. The molecule has 4 heteroatoms. The summed E-state index contributed by atoms with van der Waals surface area (Å²) in [7, 11) is 0. The summed E-state index contributed by atoms with van der Waals surface area (Å²) in [5.41, 5.74) is -0.497. The van der Waals surface area contributed by atoms with Crippen molar-refractivity contribution in [1.82, 2.24) is 4.90 Å². The zero-order valence-electron chi connectivity index (χ0n) is 12.5. The molecule has 0 aliphatic rings. The van der Waals surface area contributed by atoms with Crippen molar-refractivity contribution in [3.63, 3.8) is 0 Å². The van der Waals surface area contributed by atoms with Crippen molar-refractivity contribution in [3.05, 3.63) is 0 Å². The Labute approximate surface area is 111 Å². The summed E-state index contributed by atoms with van der Waals surface area (Å²) in [6.45, 7) is 10.5. The minimum Gasteiger partial charge on any atom is -0.444 e. The molecule has 0 heterocycles. The van der Waals surface area contributed by atoms with Gasteiger partial charge in [-0.3, -0.25) is 4.39 Å². The fourth-order valence-corrected chi connectivity index (χ4v) is 1.56. The van der Waals surface area contributed by atoms with E-state index in [2.05, 4.69) is 13.8 Å². The van der Waals surface area contributed by atoms with Crippen LogP contribution in [0.15, 0.2) is 0 Å². The molecule has 0 radical (unpaired) electrons. The topological polar surface area (TPSA) is 29.5 Å². The molecule has 0 saturated heterocycles. The van der Waals surface area contributed by atoms with Crippen LogP contribution < -0.4 is 0 Å². The van der Waals surface area contributed by atoms with Crippen molar-refractivity contribution in [2.45, 2.75) is 59.5 Å². The van der Waals surface area contributed by atoms with Gasteiger partial charge in [-0.25, -0.2) is 4.79 Å². The first-order valence-corrected chi connectivity index (χ1v) is 6.80. The van der Waals surface area contributed by atoms with Crippen molar-refractivity contribution in [2.24, 2.45) is 5.92 Å². The Morgan fingerprint density at radius 2 is 1.78 bits per heavy atom. The van der Waals surface area contributed by atoms with Gasteiger partial charge in [0.2, 0.25) is 0 Å². The van der Waals surface area contributed by atoms with Crippen LogP contribution in [0, 0.1) is 5.92 Å². The summed E-state index contributed by atoms with van der Waals surface area (Å²) in [5.74, 6) is 0.617. The Morgan fingerprint density at radius 1 is 1.22 bits per heavy atom. The molecule has 0 N–H and O–H groups in total. The predicted octanol–water partition coefficient (Wildman–Crippen LogP) is 4.02. The Hall–Kier alpha value is -0.800. The Morgan fingerprint density at radius 3 is 2.22 bits per heavy atom. The lowest BCUT2D eigenvalue weighted by molar-refractivity contribution is 0.0240. The van der Waals surface area contributed by atoms with Gasteiger partial charge in [0.25, 0.3) is 0 Å². The average Bonchev–Trinajstić information content (AvgIpc) is 2.19. The third-order valence-corrected chi connectivity index (χ3v) is 2.42. The van der Waals surface area contributed by atoms with Crippen molar-refractivity contribution < 1.29 is 13.9 Å². The van der Waals surface area contributed by atoms with E-state index in [1.807, 2.05) is 20.8 Å². The van der Waals surface area contributed by atoms with Gasteiger partial charge >= 0.3 is 6.09 Å². The van der Waals surface area contributed by atoms with Crippen LogP contribution in [-0.4, -0.2) is 36.4 Å². The number of hydrogen-bond acceptors (Lipinski definition) is 2. The first-order chi connectivity index (χ1) is 8.26. The van der Waals surface area contributed by atoms with E-state index < -0.39 is 12.3 Å². The van der Waals surface area contributed by atoms with Crippen LogP contribution in [0.3, 0.4) is 0 Å². The zero-order valence-corrected chi connectivity index (χ0v) is 12.5. The molecule has 0 atom stereocenters.